The summed E-state index contributed by atoms with van der Waals surface area (Å²) in [6, 6.07) is 7.62. The van der Waals surface area contributed by atoms with Crippen molar-refractivity contribution in [3.8, 4) is 0 Å². The van der Waals surface area contributed by atoms with Crippen molar-refractivity contribution in [1.82, 2.24) is 4.31 Å². The Kier molecular flexibility index (Phi) is 6.14. The first kappa shape index (κ1) is 18.6. The van der Waals surface area contributed by atoms with E-state index in [9.17, 15) is 13.2 Å². The average Bonchev–Trinajstić information content (AvgIpc) is 2.36. The zero-order valence-electron chi connectivity index (χ0n) is 14.0. The second-order valence-corrected chi connectivity index (χ2v) is 8.22. The lowest BCUT2D eigenvalue weighted by Crippen LogP contribution is -2.46. The Hall–Kier alpha value is -1.40. The second kappa shape index (κ2) is 7.24. The molecule has 0 aromatic heterocycles. The highest BCUT2D eigenvalue weighted by Gasteiger charge is 2.29. The summed E-state index contributed by atoms with van der Waals surface area (Å²) in [6.07, 6.45) is 2.12. The molecule has 1 amide bonds. The number of nitrogens with one attached hydrogen (secondary N) is 1. The first-order valence-corrected chi connectivity index (χ1v) is 9.26. The lowest BCUT2D eigenvalue weighted by Gasteiger charge is -2.33. The molecule has 0 heterocycles. The van der Waals surface area contributed by atoms with Crippen LogP contribution in [0.25, 0.3) is 0 Å². The molecule has 1 aromatic carbocycles. The van der Waals surface area contributed by atoms with Crippen molar-refractivity contribution in [2.45, 2.75) is 46.1 Å². The van der Waals surface area contributed by atoms with Crippen LogP contribution in [0.2, 0.25) is 0 Å². The molecule has 0 fully saturated rings. The molecule has 0 unspecified atom stereocenters. The summed E-state index contributed by atoms with van der Waals surface area (Å²) in [7, 11) is -3.35. The topological polar surface area (TPSA) is 66.5 Å². The summed E-state index contributed by atoms with van der Waals surface area (Å²) in [5.41, 5.74) is 1.30. The molecule has 0 spiro atoms. The third-order valence-electron chi connectivity index (χ3n) is 3.36. The van der Waals surface area contributed by atoms with Crippen LogP contribution in [0.4, 0.5) is 5.69 Å². The summed E-state index contributed by atoms with van der Waals surface area (Å²) in [5, 5.41) is 2.86. The van der Waals surface area contributed by atoms with Gasteiger partial charge in [0, 0.05) is 24.2 Å². The van der Waals surface area contributed by atoms with Gasteiger partial charge in [0.15, 0.2) is 0 Å². The molecule has 0 bridgehead atoms. The van der Waals surface area contributed by atoms with Gasteiger partial charge in [-0.2, -0.15) is 4.31 Å². The normalized spacial score (nSPS) is 12.5. The van der Waals surface area contributed by atoms with Crippen molar-refractivity contribution in [3.05, 3.63) is 29.8 Å². The predicted octanol–water partition coefficient (Wildman–Crippen LogP) is 2.64. The van der Waals surface area contributed by atoms with E-state index in [1.807, 2.05) is 52.0 Å². The monoisotopic (exact) mass is 326 g/mol. The molecule has 5 nitrogen and oxygen atoms in total. The lowest BCUT2D eigenvalue weighted by atomic mass is 10.1. The quantitative estimate of drug-likeness (QED) is 0.874. The fraction of sp³-hybridized carbons (Fsp3) is 0.562. The molecule has 0 saturated heterocycles. The van der Waals surface area contributed by atoms with Crippen LogP contribution in [0.3, 0.4) is 0 Å². The van der Waals surface area contributed by atoms with Gasteiger partial charge in [-0.3, -0.25) is 4.79 Å². The van der Waals surface area contributed by atoms with E-state index in [1.54, 1.807) is 0 Å². The van der Waals surface area contributed by atoms with Crippen LogP contribution in [-0.2, 0) is 21.2 Å². The smallest absolute Gasteiger partial charge is 0.225 e. The molecule has 0 radical (unpaired) electrons. The van der Waals surface area contributed by atoms with Crippen LogP contribution < -0.4 is 5.32 Å². The summed E-state index contributed by atoms with van der Waals surface area (Å²) in [6.45, 7) is 7.65. The Morgan fingerprint density at radius 1 is 1.23 bits per heavy atom. The first-order chi connectivity index (χ1) is 10.1. The number of aryl methyl sites for hydroxylation is 1. The van der Waals surface area contributed by atoms with Crippen LogP contribution in [0.15, 0.2) is 24.3 Å². The number of amides is 1. The average molecular weight is 326 g/mol. The van der Waals surface area contributed by atoms with Crippen LogP contribution in [0.5, 0.6) is 0 Å². The summed E-state index contributed by atoms with van der Waals surface area (Å²) in [5.74, 6) is -0.182. The zero-order valence-corrected chi connectivity index (χ0v) is 14.8. The van der Waals surface area contributed by atoms with E-state index in [1.165, 1.54) is 10.6 Å². The molecule has 0 aliphatic heterocycles. The van der Waals surface area contributed by atoms with Gasteiger partial charge in [-0.05, 0) is 38.8 Å². The molecule has 1 rings (SSSR count). The number of carbonyl (C=O) groups is 1. The van der Waals surface area contributed by atoms with Gasteiger partial charge in [-0.15, -0.1) is 0 Å². The minimum Gasteiger partial charge on any atom is -0.326 e. The van der Waals surface area contributed by atoms with E-state index in [-0.39, 0.29) is 18.9 Å². The number of benzene rings is 1. The minimum absolute atomic E-state index is 0.127. The van der Waals surface area contributed by atoms with Crippen LogP contribution in [0, 0.1) is 0 Å². The van der Waals surface area contributed by atoms with Crippen molar-refractivity contribution in [1.29, 1.82) is 0 Å². The van der Waals surface area contributed by atoms with Crippen molar-refractivity contribution >= 4 is 21.6 Å². The molecule has 124 valence electrons. The lowest BCUT2D eigenvalue weighted by molar-refractivity contribution is -0.116. The highest BCUT2D eigenvalue weighted by Crippen LogP contribution is 2.19. The standard InChI is InChI=1S/C16H26N2O3S/c1-6-13-9-7-8-10-14(13)17-15(19)11-12-18(16(2,3)4)22(5,20)21/h7-10H,6,11-12H2,1-5H3,(H,17,19). The summed E-state index contributed by atoms with van der Waals surface area (Å²) in [4.78, 5) is 12.1. The van der Waals surface area contributed by atoms with E-state index >= 15 is 0 Å². The number of hydrogen-bond acceptors (Lipinski definition) is 3. The Balaban J connectivity index is 2.73. The highest BCUT2D eigenvalue weighted by atomic mass is 32.2. The van der Waals surface area contributed by atoms with Gasteiger partial charge in [0.05, 0.1) is 6.26 Å². The Labute approximate surface area is 133 Å². The van der Waals surface area contributed by atoms with E-state index in [0.717, 1.165) is 17.7 Å². The predicted molar refractivity (Wildman–Crippen MR) is 90.4 cm³/mol. The van der Waals surface area contributed by atoms with Gasteiger partial charge in [-0.25, -0.2) is 8.42 Å². The van der Waals surface area contributed by atoms with E-state index in [4.69, 9.17) is 0 Å². The fourth-order valence-electron chi connectivity index (χ4n) is 2.37. The van der Waals surface area contributed by atoms with Crippen LogP contribution >= 0.6 is 0 Å². The largest absolute Gasteiger partial charge is 0.326 e. The number of carbonyl (C=O) groups excluding carboxylic acids is 1. The van der Waals surface area contributed by atoms with Gasteiger partial charge in [0.25, 0.3) is 0 Å². The highest BCUT2D eigenvalue weighted by molar-refractivity contribution is 7.88. The first-order valence-electron chi connectivity index (χ1n) is 7.41. The molecule has 0 saturated carbocycles. The van der Waals surface area contributed by atoms with Gasteiger partial charge in [0.2, 0.25) is 15.9 Å². The van der Waals surface area contributed by atoms with Crippen LogP contribution in [-0.4, -0.2) is 37.0 Å². The third kappa shape index (κ3) is 5.42. The molecule has 6 heteroatoms. The van der Waals surface area contributed by atoms with E-state index in [2.05, 4.69) is 5.32 Å². The molecule has 0 aliphatic carbocycles. The maximum atomic E-state index is 12.1. The van der Waals surface area contributed by atoms with Crippen molar-refractivity contribution in [2.24, 2.45) is 0 Å². The van der Waals surface area contributed by atoms with Gasteiger partial charge in [-0.1, -0.05) is 25.1 Å². The molecular formula is C16H26N2O3S. The Morgan fingerprint density at radius 2 is 1.82 bits per heavy atom. The Morgan fingerprint density at radius 3 is 2.32 bits per heavy atom. The SMILES string of the molecule is CCc1ccccc1NC(=O)CCN(C(C)(C)C)S(C)(=O)=O. The second-order valence-electron chi connectivity index (χ2n) is 6.31. The number of anilines is 1. The maximum Gasteiger partial charge on any atom is 0.225 e. The maximum absolute atomic E-state index is 12.1. The zero-order chi connectivity index (χ0) is 17.0. The number of nitrogens with zero attached hydrogens (tertiary/aromatic N) is 1. The van der Waals surface area contributed by atoms with Crippen LogP contribution in [0.1, 0.15) is 39.7 Å². The molecular weight excluding hydrogens is 300 g/mol. The number of rotatable bonds is 6. The molecule has 1 N–H and O–H groups in total. The van der Waals surface area contributed by atoms with E-state index in [0.29, 0.717) is 0 Å². The van der Waals surface area contributed by atoms with E-state index < -0.39 is 15.6 Å². The summed E-state index contributed by atoms with van der Waals surface area (Å²) >= 11 is 0. The summed E-state index contributed by atoms with van der Waals surface area (Å²) < 4.78 is 25.0. The third-order valence-corrected chi connectivity index (χ3v) is 4.89. The minimum atomic E-state index is -3.35. The van der Waals surface area contributed by atoms with Crippen molar-refractivity contribution in [3.63, 3.8) is 0 Å². The number of hydrogen-bond donors (Lipinski definition) is 1. The number of para-hydroxylation sites is 1. The van der Waals surface area contributed by atoms with Gasteiger partial charge < -0.3 is 5.32 Å². The molecule has 0 atom stereocenters. The molecule has 0 aliphatic rings. The molecule has 22 heavy (non-hydrogen) atoms. The van der Waals surface area contributed by atoms with Crippen molar-refractivity contribution < 1.29 is 13.2 Å². The van der Waals surface area contributed by atoms with Gasteiger partial charge >= 0.3 is 0 Å². The van der Waals surface area contributed by atoms with Gasteiger partial charge in [0.1, 0.15) is 0 Å². The molecule has 1 aromatic rings. The fourth-order valence-corrected chi connectivity index (χ4v) is 3.78. The Bertz CT molecular complexity index is 619. The number of sulfonamides is 1. The van der Waals surface area contributed by atoms with Crippen molar-refractivity contribution in [2.75, 3.05) is 18.1 Å².